The first-order valence-corrected chi connectivity index (χ1v) is 10.9. The van der Waals surface area contributed by atoms with Crippen molar-refractivity contribution in [2.75, 3.05) is 31.6 Å². The molecular weight excluding hydrogens is 423 g/mol. The SMILES string of the molecule is Cc1ccc(NC(=O)Cc2ccc(Cl)cc2Cl)cc1S(=O)(=O)N1CCOCC1. The fourth-order valence-electron chi connectivity index (χ4n) is 2.93. The van der Waals surface area contributed by atoms with Gasteiger partial charge in [-0.15, -0.1) is 0 Å². The van der Waals surface area contributed by atoms with Gasteiger partial charge in [0.05, 0.1) is 24.5 Å². The zero-order valence-corrected chi connectivity index (χ0v) is 17.6. The highest BCUT2D eigenvalue weighted by Crippen LogP contribution is 2.25. The molecule has 1 amide bonds. The molecule has 3 rings (SSSR count). The number of benzene rings is 2. The van der Waals surface area contributed by atoms with Crippen LogP contribution in [0, 0.1) is 6.92 Å². The lowest BCUT2D eigenvalue weighted by atomic mass is 10.1. The van der Waals surface area contributed by atoms with Crippen LogP contribution in [-0.2, 0) is 26.0 Å². The molecule has 1 aliphatic rings. The summed E-state index contributed by atoms with van der Waals surface area (Å²) in [6, 6.07) is 9.77. The number of sulfonamides is 1. The third-order valence-electron chi connectivity index (χ3n) is 4.43. The third kappa shape index (κ3) is 4.85. The molecule has 0 bridgehead atoms. The summed E-state index contributed by atoms with van der Waals surface area (Å²) >= 11 is 12.0. The number of ether oxygens (including phenoxy) is 1. The Bertz CT molecular complexity index is 989. The lowest BCUT2D eigenvalue weighted by Crippen LogP contribution is -2.40. The van der Waals surface area contributed by atoms with Crippen molar-refractivity contribution in [1.29, 1.82) is 0 Å². The molecule has 2 aromatic carbocycles. The topological polar surface area (TPSA) is 75.7 Å². The van der Waals surface area contributed by atoms with Crippen molar-refractivity contribution in [3.63, 3.8) is 0 Å². The predicted octanol–water partition coefficient (Wildman–Crippen LogP) is 3.50. The quantitative estimate of drug-likeness (QED) is 0.768. The molecule has 1 heterocycles. The smallest absolute Gasteiger partial charge is 0.243 e. The largest absolute Gasteiger partial charge is 0.379 e. The van der Waals surface area contributed by atoms with Gasteiger partial charge in [0.2, 0.25) is 15.9 Å². The summed E-state index contributed by atoms with van der Waals surface area (Å²) in [5.41, 5.74) is 1.66. The molecule has 1 fully saturated rings. The summed E-state index contributed by atoms with van der Waals surface area (Å²) in [6.45, 7) is 3.10. The Labute approximate surface area is 174 Å². The van der Waals surface area contributed by atoms with Crippen LogP contribution in [0.3, 0.4) is 0 Å². The van der Waals surface area contributed by atoms with Crippen LogP contribution in [0.4, 0.5) is 5.69 Å². The van der Waals surface area contributed by atoms with Crippen LogP contribution in [0.25, 0.3) is 0 Å². The molecule has 2 aromatic rings. The van der Waals surface area contributed by atoms with Gasteiger partial charge in [0, 0.05) is 28.8 Å². The molecule has 0 spiro atoms. The van der Waals surface area contributed by atoms with Gasteiger partial charge in [-0.1, -0.05) is 35.3 Å². The van der Waals surface area contributed by atoms with Crippen molar-refractivity contribution in [2.45, 2.75) is 18.2 Å². The molecule has 0 saturated carbocycles. The summed E-state index contributed by atoms with van der Waals surface area (Å²) in [6.07, 6.45) is 0.0510. The second-order valence-corrected chi connectivity index (χ2v) is 9.21. The summed E-state index contributed by atoms with van der Waals surface area (Å²) in [5, 5.41) is 3.63. The van der Waals surface area contributed by atoms with Crippen molar-refractivity contribution in [3.05, 3.63) is 57.6 Å². The minimum Gasteiger partial charge on any atom is -0.379 e. The molecule has 1 aliphatic heterocycles. The molecule has 1 N–H and O–H groups in total. The minimum atomic E-state index is -3.66. The number of anilines is 1. The van der Waals surface area contributed by atoms with Gasteiger partial charge in [0.25, 0.3) is 0 Å². The first kappa shape index (κ1) is 21.1. The molecule has 0 radical (unpaired) electrons. The van der Waals surface area contributed by atoms with E-state index in [0.717, 1.165) is 0 Å². The van der Waals surface area contributed by atoms with E-state index in [4.69, 9.17) is 27.9 Å². The van der Waals surface area contributed by atoms with Crippen molar-refractivity contribution in [1.82, 2.24) is 4.31 Å². The highest BCUT2D eigenvalue weighted by Gasteiger charge is 2.28. The van der Waals surface area contributed by atoms with E-state index in [2.05, 4.69) is 5.32 Å². The number of carbonyl (C=O) groups excluding carboxylic acids is 1. The van der Waals surface area contributed by atoms with Gasteiger partial charge in [0.1, 0.15) is 0 Å². The van der Waals surface area contributed by atoms with E-state index >= 15 is 0 Å². The van der Waals surface area contributed by atoms with Gasteiger partial charge < -0.3 is 10.1 Å². The number of nitrogens with one attached hydrogen (secondary N) is 1. The number of hydrogen-bond donors (Lipinski definition) is 1. The van der Waals surface area contributed by atoms with Gasteiger partial charge in [-0.3, -0.25) is 4.79 Å². The Kier molecular flexibility index (Phi) is 6.62. The second kappa shape index (κ2) is 8.80. The molecule has 150 valence electrons. The van der Waals surface area contributed by atoms with Crippen LogP contribution in [-0.4, -0.2) is 44.9 Å². The maximum atomic E-state index is 12.9. The van der Waals surface area contributed by atoms with Gasteiger partial charge in [-0.05, 0) is 42.3 Å². The third-order valence-corrected chi connectivity index (χ3v) is 7.05. The number of hydrogen-bond acceptors (Lipinski definition) is 4. The number of carbonyl (C=O) groups is 1. The number of aryl methyl sites for hydroxylation is 1. The monoisotopic (exact) mass is 442 g/mol. The summed E-state index contributed by atoms with van der Waals surface area (Å²) < 4.78 is 32.5. The Morgan fingerprint density at radius 1 is 1.14 bits per heavy atom. The molecule has 0 unspecified atom stereocenters. The minimum absolute atomic E-state index is 0.0510. The summed E-state index contributed by atoms with van der Waals surface area (Å²) in [4.78, 5) is 12.6. The van der Waals surface area contributed by atoms with Crippen molar-refractivity contribution >= 4 is 44.8 Å². The van der Waals surface area contributed by atoms with Crippen LogP contribution in [0.15, 0.2) is 41.3 Å². The normalized spacial score (nSPS) is 15.4. The standard InChI is InChI=1S/C19H20Cl2N2O4S/c1-13-2-5-16(12-18(13)28(25,26)23-6-8-27-9-7-23)22-19(24)10-14-3-4-15(20)11-17(14)21/h2-5,11-12H,6-10H2,1H3,(H,22,24). The second-order valence-electron chi connectivity index (χ2n) is 6.46. The van der Waals surface area contributed by atoms with Crippen LogP contribution in [0.2, 0.25) is 10.0 Å². The van der Waals surface area contributed by atoms with Gasteiger partial charge in [0.15, 0.2) is 0 Å². The molecule has 0 atom stereocenters. The highest BCUT2D eigenvalue weighted by molar-refractivity contribution is 7.89. The number of halogens is 2. The summed E-state index contributed by atoms with van der Waals surface area (Å²) in [5.74, 6) is -0.303. The average Bonchev–Trinajstić information content (AvgIpc) is 2.66. The van der Waals surface area contributed by atoms with Gasteiger partial charge in [-0.25, -0.2) is 8.42 Å². The van der Waals surface area contributed by atoms with Crippen molar-refractivity contribution in [2.24, 2.45) is 0 Å². The zero-order chi connectivity index (χ0) is 20.3. The molecule has 0 aliphatic carbocycles. The van der Waals surface area contributed by atoms with E-state index in [1.807, 2.05) is 0 Å². The van der Waals surface area contributed by atoms with Crippen molar-refractivity contribution < 1.29 is 17.9 Å². The maximum absolute atomic E-state index is 12.9. The van der Waals surface area contributed by atoms with E-state index in [-0.39, 0.29) is 17.2 Å². The Morgan fingerprint density at radius 2 is 1.86 bits per heavy atom. The Hall–Kier alpha value is -1.64. The maximum Gasteiger partial charge on any atom is 0.243 e. The van der Waals surface area contributed by atoms with Gasteiger partial charge >= 0.3 is 0 Å². The molecule has 28 heavy (non-hydrogen) atoms. The van der Waals surface area contributed by atoms with E-state index < -0.39 is 10.0 Å². The van der Waals surface area contributed by atoms with E-state index in [1.165, 1.54) is 10.4 Å². The van der Waals surface area contributed by atoms with Crippen LogP contribution in [0.1, 0.15) is 11.1 Å². The molecule has 1 saturated heterocycles. The zero-order valence-electron chi connectivity index (χ0n) is 15.2. The van der Waals surface area contributed by atoms with E-state index in [1.54, 1.807) is 37.3 Å². The number of morpholine rings is 1. The number of amides is 1. The molecular formula is C19H20Cl2N2O4S. The lowest BCUT2D eigenvalue weighted by Gasteiger charge is -2.26. The van der Waals surface area contributed by atoms with Crippen LogP contribution in [0.5, 0.6) is 0 Å². The van der Waals surface area contributed by atoms with Gasteiger partial charge in [-0.2, -0.15) is 4.31 Å². The number of nitrogens with zero attached hydrogens (tertiary/aromatic N) is 1. The fraction of sp³-hybridized carbons (Fsp3) is 0.316. The molecule has 9 heteroatoms. The Balaban J connectivity index is 1.78. The predicted molar refractivity (Wildman–Crippen MR) is 110 cm³/mol. The van der Waals surface area contributed by atoms with Crippen molar-refractivity contribution in [3.8, 4) is 0 Å². The van der Waals surface area contributed by atoms with E-state index in [0.29, 0.717) is 53.2 Å². The Morgan fingerprint density at radius 3 is 2.54 bits per heavy atom. The van der Waals surface area contributed by atoms with E-state index in [9.17, 15) is 13.2 Å². The first-order valence-electron chi connectivity index (χ1n) is 8.70. The van der Waals surface area contributed by atoms with Crippen LogP contribution < -0.4 is 5.32 Å². The average molecular weight is 443 g/mol. The fourth-order valence-corrected chi connectivity index (χ4v) is 5.06. The summed E-state index contributed by atoms with van der Waals surface area (Å²) in [7, 11) is -3.66. The first-order chi connectivity index (χ1) is 13.3. The molecule has 0 aromatic heterocycles. The van der Waals surface area contributed by atoms with Crippen LogP contribution >= 0.6 is 23.2 Å². The number of rotatable bonds is 5. The highest BCUT2D eigenvalue weighted by atomic mass is 35.5. The molecule has 6 nitrogen and oxygen atoms in total. The lowest BCUT2D eigenvalue weighted by molar-refractivity contribution is -0.115.